The van der Waals surface area contributed by atoms with Crippen LogP contribution in [0.3, 0.4) is 0 Å². The van der Waals surface area contributed by atoms with Gasteiger partial charge in [0.25, 0.3) is 5.91 Å². The van der Waals surface area contributed by atoms with Crippen LogP contribution in [-0.4, -0.2) is 31.6 Å². The summed E-state index contributed by atoms with van der Waals surface area (Å²) >= 11 is 8.50. The normalized spacial score (nSPS) is 9.47. The second kappa shape index (κ2) is 7.05. The minimum absolute atomic E-state index is 0.154. The van der Waals surface area contributed by atoms with Gasteiger partial charge in [-0.2, -0.15) is 0 Å². The summed E-state index contributed by atoms with van der Waals surface area (Å²) in [6.07, 6.45) is 0. The van der Waals surface area contributed by atoms with Crippen molar-refractivity contribution in [2.45, 2.75) is 0 Å². The number of methoxy groups -OCH3 is 3. The zero-order valence-electron chi connectivity index (χ0n) is 10.6. The Kier molecular flexibility index (Phi) is 5.71. The quantitative estimate of drug-likeness (QED) is 0.440. The lowest BCUT2D eigenvalue weighted by molar-refractivity contribution is 0.0944. The molecule has 0 heterocycles. The third kappa shape index (κ3) is 3.90. The van der Waals surface area contributed by atoms with Crippen molar-refractivity contribution in [1.82, 2.24) is 10.9 Å². The van der Waals surface area contributed by atoms with Crippen LogP contribution in [0.4, 0.5) is 0 Å². The van der Waals surface area contributed by atoms with E-state index in [-0.39, 0.29) is 4.32 Å². The standard InChI is InChI=1S/C11H14N2O4S2/c1-15-7-4-6(10(14)12-13-11(18)19)5-8(16-2)9(7)17-3/h4-5H,1-3H3,(H,12,14)(H2,13,18,19). The van der Waals surface area contributed by atoms with E-state index in [0.717, 1.165) is 0 Å². The number of thiocarbonyl (C=S) groups is 1. The predicted molar refractivity (Wildman–Crippen MR) is 78.3 cm³/mol. The summed E-state index contributed by atoms with van der Waals surface area (Å²) in [7, 11) is 4.43. The second-order valence-electron chi connectivity index (χ2n) is 3.30. The maximum atomic E-state index is 11.9. The number of rotatable bonds is 4. The molecule has 1 aromatic rings. The van der Waals surface area contributed by atoms with E-state index in [1.54, 1.807) is 0 Å². The molecule has 1 rings (SSSR count). The topological polar surface area (TPSA) is 68.8 Å². The van der Waals surface area contributed by atoms with E-state index < -0.39 is 5.91 Å². The molecule has 0 saturated heterocycles. The Morgan fingerprint density at radius 3 is 2.00 bits per heavy atom. The summed E-state index contributed by atoms with van der Waals surface area (Å²) in [5.41, 5.74) is 5.14. The maximum absolute atomic E-state index is 11.9. The number of hydrogen-bond donors (Lipinski definition) is 3. The highest BCUT2D eigenvalue weighted by Crippen LogP contribution is 2.38. The maximum Gasteiger partial charge on any atom is 0.269 e. The van der Waals surface area contributed by atoms with Gasteiger partial charge in [-0.05, 0) is 12.1 Å². The fraction of sp³-hybridized carbons (Fsp3) is 0.273. The fourth-order valence-electron chi connectivity index (χ4n) is 1.39. The summed E-state index contributed by atoms with van der Waals surface area (Å²) in [6, 6.07) is 3.06. The molecule has 2 N–H and O–H groups in total. The van der Waals surface area contributed by atoms with Gasteiger partial charge in [0.1, 0.15) is 4.32 Å². The van der Waals surface area contributed by atoms with Crippen LogP contribution in [0.5, 0.6) is 17.2 Å². The minimum atomic E-state index is -0.407. The van der Waals surface area contributed by atoms with Gasteiger partial charge in [-0.25, -0.2) is 0 Å². The molecular weight excluding hydrogens is 288 g/mol. The average Bonchev–Trinajstić information content (AvgIpc) is 2.42. The Hall–Kier alpha value is -1.67. The van der Waals surface area contributed by atoms with Crippen molar-refractivity contribution in [2.24, 2.45) is 0 Å². The van der Waals surface area contributed by atoms with Crippen molar-refractivity contribution < 1.29 is 19.0 Å². The second-order valence-corrected chi connectivity index (χ2v) is 4.46. The van der Waals surface area contributed by atoms with E-state index in [0.29, 0.717) is 22.8 Å². The molecule has 6 nitrogen and oxygen atoms in total. The van der Waals surface area contributed by atoms with Gasteiger partial charge in [0.05, 0.1) is 21.3 Å². The van der Waals surface area contributed by atoms with Crippen LogP contribution >= 0.6 is 24.8 Å². The van der Waals surface area contributed by atoms with Crippen LogP contribution in [0.2, 0.25) is 0 Å². The molecule has 0 spiro atoms. The van der Waals surface area contributed by atoms with Gasteiger partial charge in [0.2, 0.25) is 5.75 Å². The van der Waals surface area contributed by atoms with Crippen molar-refractivity contribution >= 4 is 35.1 Å². The summed E-state index contributed by atoms with van der Waals surface area (Å²) in [5.74, 6) is 0.788. The Morgan fingerprint density at radius 1 is 1.11 bits per heavy atom. The van der Waals surface area contributed by atoms with E-state index >= 15 is 0 Å². The zero-order valence-corrected chi connectivity index (χ0v) is 12.4. The van der Waals surface area contributed by atoms with Crippen molar-refractivity contribution in [3.8, 4) is 17.2 Å². The van der Waals surface area contributed by atoms with E-state index in [1.807, 2.05) is 0 Å². The molecule has 104 valence electrons. The molecule has 0 aliphatic rings. The fourth-order valence-corrected chi connectivity index (χ4v) is 1.50. The first-order valence-corrected chi connectivity index (χ1v) is 5.98. The Balaban J connectivity index is 3.08. The van der Waals surface area contributed by atoms with Gasteiger partial charge in [-0.15, -0.1) is 12.6 Å². The third-order valence-electron chi connectivity index (χ3n) is 2.21. The predicted octanol–water partition coefficient (Wildman–Crippen LogP) is 1.16. The molecule has 0 bridgehead atoms. The first-order chi connectivity index (χ1) is 9.03. The van der Waals surface area contributed by atoms with Gasteiger partial charge < -0.3 is 14.2 Å². The van der Waals surface area contributed by atoms with Gasteiger partial charge >= 0.3 is 0 Å². The molecule has 0 atom stereocenters. The monoisotopic (exact) mass is 302 g/mol. The van der Waals surface area contributed by atoms with Gasteiger partial charge in [-0.1, -0.05) is 12.2 Å². The van der Waals surface area contributed by atoms with E-state index in [9.17, 15) is 4.79 Å². The average molecular weight is 302 g/mol. The molecule has 1 amide bonds. The number of benzene rings is 1. The molecule has 0 unspecified atom stereocenters. The van der Waals surface area contributed by atoms with E-state index in [4.69, 9.17) is 14.2 Å². The molecule has 1 aromatic carbocycles. The molecule has 19 heavy (non-hydrogen) atoms. The van der Waals surface area contributed by atoms with Crippen LogP contribution in [0.25, 0.3) is 0 Å². The highest BCUT2D eigenvalue weighted by Gasteiger charge is 2.16. The van der Waals surface area contributed by atoms with Crippen LogP contribution in [0.15, 0.2) is 12.1 Å². The largest absolute Gasteiger partial charge is 0.493 e. The van der Waals surface area contributed by atoms with Gasteiger partial charge in [0, 0.05) is 5.56 Å². The number of hydrogen-bond acceptors (Lipinski definition) is 5. The molecule has 0 fully saturated rings. The SMILES string of the molecule is COc1cc(C(=O)NNC(=S)S)cc(OC)c1OC. The number of nitrogens with one attached hydrogen (secondary N) is 2. The molecular formula is C11H14N2O4S2. The summed E-state index contributed by atoms with van der Waals surface area (Å²) in [6.45, 7) is 0. The summed E-state index contributed by atoms with van der Waals surface area (Å²) in [4.78, 5) is 11.9. The van der Waals surface area contributed by atoms with Crippen molar-refractivity contribution in [3.63, 3.8) is 0 Å². The first kappa shape index (κ1) is 15.4. The Morgan fingerprint density at radius 2 is 1.63 bits per heavy atom. The Bertz CT molecular complexity index is 469. The highest BCUT2D eigenvalue weighted by molar-refractivity contribution is 8.11. The van der Waals surface area contributed by atoms with Crippen LogP contribution in [0, 0.1) is 0 Å². The van der Waals surface area contributed by atoms with Crippen molar-refractivity contribution in [1.29, 1.82) is 0 Å². The lowest BCUT2D eigenvalue weighted by atomic mass is 10.1. The third-order valence-corrected chi connectivity index (χ3v) is 2.42. The van der Waals surface area contributed by atoms with Crippen LogP contribution in [-0.2, 0) is 0 Å². The lowest BCUT2D eigenvalue weighted by Crippen LogP contribution is -2.38. The number of carbonyl (C=O) groups is 1. The smallest absolute Gasteiger partial charge is 0.269 e. The number of hydrazine groups is 1. The zero-order chi connectivity index (χ0) is 14.4. The summed E-state index contributed by atoms with van der Waals surface area (Å²) in [5, 5.41) is 0. The van der Waals surface area contributed by atoms with Gasteiger partial charge in [0.15, 0.2) is 11.5 Å². The van der Waals surface area contributed by atoms with E-state index in [1.165, 1.54) is 33.5 Å². The first-order valence-electron chi connectivity index (χ1n) is 5.12. The van der Waals surface area contributed by atoms with Crippen molar-refractivity contribution in [2.75, 3.05) is 21.3 Å². The molecule has 0 aliphatic carbocycles. The van der Waals surface area contributed by atoms with Gasteiger partial charge in [-0.3, -0.25) is 15.6 Å². The number of ether oxygens (including phenoxy) is 3. The molecule has 0 aliphatic heterocycles. The Labute approximate surface area is 121 Å². The van der Waals surface area contributed by atoms with Crippen molar-refractivity contribution in [3.05, 3.63) is 17.7 Å². The van der Waals surface area contributed by atoms with E-state index in [2.05, 4.69) is 35.7 Å². The van der Waals surface area contributed by atoms with Crippen LogP contribution < -0.4 is 25.1 Å². The highest BCUT2D eigenvalue weighted by atomic mass is 32.1. The molecule has 8 heteroatoms. The molecule has 0 radical (unpaired) electrons. The number of amides is 1. The lowest BCUT2D eigenvalue weighted by Gasteiger charge is -2.14. The minimum Gasteiger partial charge on any atom is -0.493 e. The van der Waals surface area contributed by atoms with Crippen LogP contribution in [0.1, 0.15) is 10.4 Å². The molecule has 0 saturated carbocycles. The molecule has 0 aromatic heterocycles. The summed E-state index contributed by atoms with van der Waals surface area (Å²) < 4.78 is 15.6. The number of carbonyl (C=O) groups excluding carboxylic acids is 1. The number of thiol groups is 1.